The molecule has 3 heterocycles. The highest BCUT2D eigenvalue weighted by molar-refractivity contribution is 7.09. The number of amides is 2. The maximum absolute atomic E-state index is 12.7. The van der Waals surface area contributed by atoms with Crippen molar-refractivity contribution < 1.29 is 9.59 Å². The van der Waals surface area contributed by atoms with E-state index in [0.717, 1.165) is 16.4 Å². The van der Waals surface area contributed by atoms with Gasteiger partial charge >= 0.3 is 0 Å². The number of aromatic nitrogens is 5. The molecular weight excluding hydrogens is 378 g/mol. The zero-order valence-corrected chi connectivity index (χ0v) is 16.2. The van der Waals surface area contributed by atoms with E-state index in [4.69, 9.17) is 0 Å². The van der Waals surface area contributed by atoms with E-state index < -0.39 is 0 Å². The second-order valence-corrected chi connectivity index (χ2v) is 7.48. The number of nitrogens with zero attached hydrogens (tertiary/aromatic N) is 7. The molecule has 0 radical (unpaired) electrons. The molecule has 0 N–H and O–H groups in total. The minimum Gasteiger partial charge on any atom is -0.339 e. The zero-order valence-electron chi connectivity index (χ0n) is 15.4. The average molecular weight is 397 g/mol. The Balaban J connectivity index is 1.33. The van der Waals surface area contributed by atoms with Crippen LogP contribution < -0.4 is 0 Å². The fraction of sp³-hybridized carbons (Fsp3) is 0.333. The number of aryl methyl sites for hydroxylation is 1. The summed E-state index contributed by atoms with van der Waals surface area (Å²) in [6.45, 7) is 4.05. The zero-order chi connectivity index (χ0) is 19.5. The predicted octanol–water partition coefficient (Wildman–Crippen LogP) is 0.954. The van der Waals surface area contributed by atoms with Crippen LogP contribution in [-0.4, -0.2) is 73.0 Å². The maximum Gasteiger partial charge on any atom is 0.253 e. The fourth-order valence-electron chi connectivity index (χ4n) is 3.10. The van der Waals surface area contributed by atoms with Crippen molar-refractivity contribution in [3.05, 3.63) is 52.2 Å². The van der Waals surface area contributed by atoms with Crippen molar-refractivity contribution in [2.45, 2.75) is 13.3 Å². The summed E-state index contributed by atoms with van der Waals surface area (Å²) < 4.78 is 1.53. The van der Waals surface area contributed by atoms with Gasteiger partial charge in [0.05, 0.1) is 12.1 Å². The first-order valence-corrected chi connectivity index (χ1v) is 9.79. The standard InChI is InChI=1S/C18H19N7O2S/c1-13-11-28-16(20-13)10-17(26)23-6-8-24(9-7-23)18(27)14-2-4-15(5-3-14)25-12-19-21-22-25/h2-5,11-12H,6-10H2,1H3. The van der Waals surface area contributed by atoms with Crippen LogP contribution in [0.2, 0.25) is 0 Å². The van der Waals surface area contributed by atoms with Gasteiger partial charge in [0, 0.05) is 42.8 Å². The third kappa shape index (κ3) is 3.91. The van der Waals surface area contributed by atoms with Crippen molar-refractivity contribution in [1.29, 1.82) is 0 Å². The number of thiazole rings is 1. The lowest BCUT2D eigenvalue weighted by molar-refractivity contribution is -0.131. The van der Waals surface area contributed by atoms with Gasteiger partial charge in [0.1, 0.15) is 11.3 Å². The van der Waals surface area contributed by atoms with E-state index in [1.54, 1.807) is 34.1 Å². The molecule has 0 aliphatic carbocycles. The summed E-state index contributed by atoms with van der Waals surface area (Å²) in [7, 11) is 0. The number of carbonyl (C=O) groups is 2. The Morgan fingerprint density at radius 1 is 1.07 bits per heavy atom. The van der Waals surface area contributed by atoms with Crippen LogP contribution in [0.3, 0.4) is 0 Å². The van der Waals surface area contributed by atoms with Gasteiger partial charge in [-0.2, -0.15) is 0 Å². The molecule has 0 atom stereocenters. The monoisotopic (exact) mass is 397 g/mol. The SMILES string of the molecule is Cc1csc(CC(=O)N2CCN(C(=O)c3ccc(-n4cnnn4)cc3)CC2)n1. The van der Waals surface area contributed by atoms with Crippen molar-refractivity contribution in [2.24, 2.45) is 0 Å². The van der Waals surface area contributed by atoms with Gasteiger partial charge in [-0.05, 0) is 41.6 Å². The summed E-state index contributed by atoms with van der Waals surface area (Å²) in [5.74, 6) is 0.0261. The Morgan fingerprint density at radius 2 is 1.79 bits per heavy atom. The lowest BCUT2D eigenvalue weighted by Crippen LogP contribution is -2.51. The molecule has 0 bridgehead atoms. The van der Waals surface area contributed by atoms with Crippen LogP contribution in [0.25, 0.3) is 5.69 Å². The van der Waals surface area contributed by atoms with Crippen LogP contribution in [0.5, 0.6) is 0 Å². The number of hydrogen-bond acceptors (Lipinski definition) is 7. The molecule has 1 fully saturated rings. The third-order valence-corrected chi connectivity index (χ3v) is 5.58. The summed E-state index contributed by atoms with van der Waals surface area (Å²) in [5.41, 5.74) is 2.33. The lowest BCUT2D eigenvalue weighted by atomic mass is 10.1. The van der Waals surface area contributed by atoms with Crippen LogP contribution in [0.4, 0.5) is 0 Å². The number of rotatable bonds is 4. The van der Waals surface area contributed by atoms with Gasteiger partial charge in [0.15, 0.2) is 0 Å². The second kappa shape index (κ2) is 7.85. The van der Waals surface area contributed by atoms with E-state index in [-0.39, 0.29) is 11.8 Å². The van der Waals surface area contributed by atoms with Crippen molar-refractivity contribution in [3.63, 3.8) is 0 Å². The molecule has 0 saturated carbocycles. The van der Waals surface area contributed by atoms with Crippen molar-refractivity contribution >= 4 is 23.2 Å². The minimum absolute atomic E-state index is 0.0362. The van der Waals surface area contributed by atoms with Gasteiger partial charge in [-0.25, -0.2) is 9.67 Å². The maximum atomic E-state index is 12.7. The summed E-state index contributed by atoms with van der Waals surface area (Å²) in [4.78, 5) is 33.1. The number of hydrogen-bond donors (Lipinski definition) is 0. The highest BCUT2D eigenvalue weighted by atomic mass is 32.1. The fourth-order valence-corrected chi connectivity index (χ4v) is 3.87. The molecular formula is C18H19N7O2S. The summed E-state index contributed by atoms with van der Waals surface area (Å²) >= 11 is 1.51. The molecule has 1 aliphatic heterocycles. The number of tetrazole rings is 1. The van der Waals surface area contributed by atoms with E-state index >= 15 is 0 Å². The predicted molar refractivity (Wildman–Crippen MR) is 102 cm³/mol. The Kier molecular flexibility index (Phi) is 5.11. The Bertz CT molecular complexity index is 960. The first-order chi connectivity index (χ1) is 13.6. The van der Waals surface area contributed by atoms with Gasteiger partial charge in [0.25, 0.3) is 5.91 Å². The Hall–Kier alpha value is -3.14. The van der Waals surface area contributed by atoms with Crippen LogP contribution in [-0.2, 0) is 11.2 Å². The number of carbonyl (C=O) groups excluding carboxylic acids is 2. The normalized spacial score (nSPS) is 14.3. The molecule has 1 aliphatic rings. The largest absolute Gasteiger partial charge is 0.339 e. The molecule has 1 saturated heterocycles. The first-order valence-electron chi connectivity index (χ1n) is 8.91. The smallest absolute Gasteiger partial charge is 0.253 e. The van der Waals surface area contributed by atoms with Gasteiger partial charge < -0.3 is 9.80 Å². The molecule has 1 aromatic carbocycles. The molecule has 28 heavy (non-hydrogen) atoms. The van der Waals surface area contributed by atoms with Gasteiger partial charge in [0.2, 0.25) is 5.91 Å². The van der Waals surface area contributed by atoms with Gasteiger partial charge in [-0.1, -0.05) is 0 Å². The van der Waals surface area contributed by atoms with Crippen molar-refractivity contribution in [3.8, 4) is 5.69 Å². The van der Waals surface area contributed by atoms with Crippen LogP contribution in [0, 0.1) is 6.92 Å². The summed E-state index contributed by atoms with van der Waals surface area (Å²) in [5, 5.41) is 13.8. The molecule has 2 aromatic heterocycles. The van der Waals surface area contributed by atoms with Crippen LogP contribution in [0.15, 0.2) is 36.0 Å². The summed E-state index contributed by atoms with van der Waals surface area (Å²) in [6.07, 6.45) is 1.82. The Labute approximate surface area is 165 Å². The molecule has 144 valence electrons. The Morgan fingerprint density at radius 3 is 2.39 bits per heavy atom. The molecule has 4 rings (SSSR count). The highest BCUT2D eigenvalue weighted by Gasteiger charge is 2.25. The molecule has 3 aromatic rings. The first kappa shape index (κ1) is 18.2. The minimum atomic E-state index is -0.0362. The molecule has 2 amide bonds. The molecule has 0 unspecified atom stereocenters. The quantitative estimate of drug-likeness (QED) is 0.650. The summed E-state index contributed by atoms with van der Waals surface area (Å²) in [6, 6.07) is 7.14. The van der Waals surface area contributed by atoms with Crippen LogP contribution in [0.1, 0.15) is 21.1 Å². The number of benzene rings is 1. The van der Waals surface area contributed by atoms with E-state index in [1.807, 2.05) is 12.3 Å². The highest BCUT2D eigenvalue weighted by Crippen LogP contribution is 2.14. The lowest BCUT2D eigenvalue weighted by Gasteiger charge is -2.34. The average Bonchev–Trinajstić information content (AvgIpc) is 3.40. The molecule has 0 spiro atoms. The van der Waals surface area contributed by atoms with E-state index in [2.05, 4.69) is 20.5 Å². The number of piperazine rings is 1. The van der Waals surface area contributed by atoms with Gasteiger partial charge in [-0.15, -0.1) is 16.4 Å². The van der Waals surface area contributed by atoms with Crippen LogP contribution >= 0.6 is 11.3 Å². The van der Waals surface area contributed by atoms with Crippen molar-refractivity contribution in [1.82, 2.24) is 35.0 Å². The van der Waals surface area contributed by atoms with E-state index in [1.165, 1.54) is 22.3 Å². The van der Waals surface area contributed by atoms with E-state index in [0.29, 0.717) is 38.2 Å². The second-order valence-electron chi connectivity index (χ2n) is 6.53. The third-order valence-electron chi connectivity index (χ3n) is 4.62. The topological polar surface area (TPSA) is 97.1 Å². The molecule has 10 heteroatoms. The van der Waals surface area contributed by atoms with Crippen molar-refractivity contribution in [2.75, 3.05) is 26.2 Å². The van der Waals surface area contributed by atoms with Gasteiger partial charge in [-0.3, -0.25) is 9.59 Å². The molecule has 9 nitrogen and oxygen atoms in total. The van der Waals surface area contributed by atoms with E-state index in [9.17, 15) is 9.59 Å².